The van der Waals surface area contributed by atoms with Gasteiger partial charge in [0.2, 0.25) is 0 Å². The topological polar surface area (TPSA) is 12.0 Å². The van der Waals surface area contributed by atoms with Crippen molar-refractivity contribution < 1.29 is 13.2 Å². The van der Waals surface area contributed by atoms with Gasteiger partial charge < -0.3 is 5.32 Å². The lowest BCUT2D eigenvalue weighted by Crippen LogP contribution is -2.23. The Kier molecular flexibility index (Phi) is 4.80. The van der Waals surface area contributed by atoms with Gasteiger partial charge in [0.25, 0.3) is 6.43 Å². The van der Waals surface area contributed by atoms with Crippen LogP contribution in [-0.2, 0) is 6.42 Å². The molecule has 16 heavy (non-hydrogen) atoms. The predicted octanol–water partition coefficient (Wildman–Crippen LogP) is 3.11. The first-order valence-corrected chi connectivity index (χ1v) is 5.23. The van der Waals surface area contributed by atoms with Crippen LogP contribution in [0.3, 0.4) is 0 Å². The Morgan fingerprint density at radius 2 is 1.69 bits per heavy atom. The summed E-state index contributed by atoms with van der Waals surface area (Å²) in [4.78, 5) is 0. The summed E-state index contributed by atoms with van der Waals surface area (Å²) < 4.78 is 37.1. The van der Waals surface area contributed by atoms with Crippen molar-refractivity contribution in [1.29, 1.82) is 0 Å². The molecule has 0 aliphatic carbocycles. The largest absolute Gasteiger partial charge is 0.317 e. The minimum atomic E-state index is -2.96. The summed E-state index contributed by atoms with van der Waals surface area (Å²) in [6, 6.07) is 6.54. The Bertz CT molecular complexity index is 311. The van der Waals surface area contributed by atoms with Crippen LogP contribution in [0, 0.1) is 0 Å². The zero-order valence-electron chi connectivity index (χ0n) is 9.38. The van der Waals surface area contributed by atoms with E-state index in [4.69, 9.17) is 0 Å². The minimum absolute atomic E-state index is 0.0378. The number of likely N-dealkylation sites (N-methyl/N-ethyl adjacent to an activating group) is 1. The Hall–Kier alpha value is -1.03. The van der Waals surface area contributed by atoms with Crippen molar-refractivity contribution >= 4 is 0 Å². The van der Waals surface area contributed by atoms with E-state index in [0.29, 0.717) is 6.04 Å². The van der Waals surface area contributed by atoms with Crippen LogP contribution in [0.5, 0.6) is 0 Å². The molecule has 0 heterocycles. The molecule has 0 amide bonds. The van der Waals surface area contributed by atoms with Crippen molar-refractivity contribution in [3.05, 3.63) is 35.4 Å². The highest BCUT2D eigenvalue weighted by Gasteiger charge is 2.20. The Labute approximate surface area is 93.7 Å². The quantitative estimate of drug-likeness (QED) is 0.821. The standard InChI is InChI=1S/C12H16F3N/c1-8(16-2)7-9-3-5-10(6-4-9)11(13)12(14)15/h3-6,8,11-12,16H,7H2,1-2H3. The van der Waals surface area contributed by atoms with Gasteiger partial charge in [-0.05, 0) is 31.5 Å². The maximum Gasteiger partial charge on any atom is 0.273 e. The molecule has 1 aromatic carbocycles. The zero-order valence-corrected chi connectivity index (χ0v) is 9.38. The van der Waals surface area contributed by atoms with E-state index in [-0.39, 0.29) is 5.56 Å². The third-order valence-electron chi connectivity index (χ3n) is 2.55. The molecule has 0 aliphatic rings. The number of halogens is 3. The fraction of sp³-hybridized carbons (Fsp3) is 0.500. The van der Waals surface area contributed by atoms with Gasteiger partial charge in [0.1, 0.15) is 0 Å². The molecule has 0 radical (unpaired) electrons. The molecular formula is C12H16F3N. The van der Waals surface area contributed by atoms with E-state index in [1.54, 1.807) is 12.1 Å². The maximum absolute atomic E-state index is 13.0. The second kappa shape index (κ2) is 5.89. The van der Waals surface area contributed by atoms with E-state index in [2.05, 4.69) is 5.32 Å². The average Bonchev–Trinajstić information content (AvgIpc) is 2.28. The van der Waals surface area contributed by atoms with Gasteiger partial charge in [-0.3, -0.25) is 0 Å². The predicted molar refractivity (Wildman–Crippen MR) is 58.5 cm³/mol. The molecule has 0 spiro atoms. The van der Waals surface area contributed by atoms with E-state index in [1.165, 1.54) is 12.1 Å². The number of rotatable bonds is 5. The van der Waals surface area contributed by atoms with Crippen molar-refractivity contribution in [1.82, 2.24) is 5.32 Å². The van der Waals surface area contributed by atoms with Crippen LogP contribution >= 0.6 is 0 Å². The fourth-order valence-electron chi connectivity index (χ4n) is 1.44. The van der Waals surface area contributed by atoms with Gasteiger partial charge in [0.15, 0.2) is 6.17 Å². The monoisotopic (exact) mass is 231 g/mol. The molecule has 4 heteroatoms. The van der Waals surface area contributed by atoms with Crippen molar-refractivity contribution in [2.75, 3.05) is 7.05 Å². The molecule has 0 aliphatic heterocycles. The van der Waals surface area contributed by atoms with Crippen molar-refractivity contribution in [3.8, 4) is 0 Å². The third-order valence-corrected chi connectivity index (χ3v) is 2.55. The number of hydrogen-bond acceptors (Lipinski definition) is 1. The number of nitrogens with one attached hydrogen (secondary N) is 1. The minimum Gasteiger partial charge on any atom is -0.317 e. The third kappa shape index (κ3) is 3.52. The maximum atomic E-state index is 13.0. The summed E-state index contributed by atoms with van der Waals surface area (Å²) in [6.45, 7) is 2.02. The van der Waals surface area contributed by atoms with Gasteiger partial charge in [-0.25, -0.2) is 13.2 Å². The molecule has 90 valence electrons. The molecule has 1 rings (SSSR count). The highest BCUT2D eigenvalue weighted by Crippen LogP contribution is 2.24. The van der Waals surface area contributed by atoms with Gasteiger partial charge >= 0.3 is 0 Å². The second-order valence-electron chi connectivity index (χ2n) is 3.87. The molecule has 1 aromatic rings. The van der Waals surface area contributed by atoms with Crippen LogP contribution in [0.15, 0.2) is 24.3 Å². The summed E-state index contributed by atoms with van der Waals surface area (Å²) in [5.74, 6) is 0. The zero-order chi connectivity index (χ0) is 12.1. The summed E-state index contributed by atoms with van der Waals surface area (Å²) in [7, 11) is 1.85. The molecule has 0 saturated carbocycles. The molecule has 0 bridgehead atoms. The first-order chi connectivity index (χ1) is 7.54. The van der Waals surface area contributed by atoms with Gasteiger partial charge in [-0.2, -0.15) is 0 Å². The van der Waals surface area contributed by atoms with Gasteiger partial charge in [0, 0.05) is 6.04 Å². The number of alkyl halides is 3. The average molecular weight is 231 g/mol. The Morgan fingerprint density at radius 1 is 1.12 bits per heavy atom. The normalized spacial score (nSPS) is 15.1. The van der Waals surface area contributed by atoms with Crippen LogP contribution in [-0.4, -0.2) is 19.5 Å². The number of benzene rings is 1. The lowest BCUT2D eigenvalue weighted by Gasteiger charge is -2.11. The summed E-state index contributed by atoms with van der Waals surface area (Å²) in [5.41, 5.74) is 1.04. The molecule has 0 fully saturated rings. The van der Waals surface area contributed by atoms with Gasteiger partial charge in [-0.15, -0.1) is 0 Å². The van der Waals surface area contributed by atoms with Crippen molar-refractivity contribution in [2.45, 2.75) is 32.0 Å². The van der Waals surface area contributed by atoms with Gasteiger partial charge in [-0.1, -0.05) is 24.3 Å². The van der Waals surface area contributed by atoms with E-state index in [9.17, 15) is 13.2 Å². The van der Waals surface area contributed by atoms with E-state index in [1.807, 2.05) is 14.0 Å². The van der Waals surface area contributed by atoms with E-state index >= 15 is 0 Å². The Morgan fingerprint density at radius 3 is 2.12 bits per heavy atom. The molecule has 0 saturated heterocycles. The highest BCUT2D eigenvalue weighted by molar-refractivity contribution is 5.25. The lowest BCUT2D eigenvalue weighted by molar-refractivity contribution is 0.0495. The van der Waals surface area contributed by atoms with Gasteiger partial charge in [0.05, 0.1) is 0 Å². The fourth-order valence-corrected chi connectivity index (χ4v) is 1.44. The van der Waals surface area contributed by atoms with E-state index < -0.39 is 12.6 Å². The smallest absolute Gasteiger partial charge is 0.273 e. The molecular weight excluding hydrogens is 215 g/mol. The first-order valence-electron chi connectivity index (χ1n) is 5.23. The van der Waals surface area contributed by atoms with Crippen molar-refractivity contribution in [3.63, 3.8) is 0 Å². The van der Waals surface area contributed by atoms with Crippen LogP contribution in [0.2, 0.25) is 0 Å². The summed E-state index contributed by atoms with van der Waals surface area (Å²) in [5, 5.41) is 3.07. The number of hydrogen-bond donors (Lipinski definition) is 1. The van der Waals surface area contributed by atoms with Crippen LogP contribution in [0.1, 0.15) is 24.2 Å². The molecule has 2 atom stereocenters. The lowest BCUT2D eigenvalue weighted by atomic mass is 10.0. The van der Waals surface area contributed by atoms with Crippen molar-refractivity contribution in [2.24, 2.45) is 0 Å². The second-order valence-corrected chi connectivity index (χ2v) is 3.87. The Balaban J connectivity index is 2.68. The van der Waals surface area contributed by atoms with E-state index in [0.717, 1.165) is 12.0 Å². The molecule has 0 aromatic heterocycles. The molecule has 2 unspecified atom stereocenters. The van der Waals surface area contributed by atoms with Crippen LogP contribution in [0.25, 0.3) is 0 Å². The summed E-state index contributed by atoms with van der Waals surface area (Å²) >= 11 is 0. The highest BCUT2D eigenvalue weighted by atomic mass is 19.3. The van der Waals surface area contributed by atoms with Crippen LogP contribution < -0.4 is 5.32 Å². The molecule has 1 nitrogen and oxygen atoms in total. The first kappa shape index (κ1) is 13.0. The summed E-state index contributed by atoms with van der Waals surface area (Å²) in [6.07, 6.45) is -4.35. The van der Waals surface area contributed by atoms with Crippen LogP contribution in [0.4, 0.5) is 13.2 Å². The SMILES string of the molecule is CNC(C)Cc1ccc(C(F)C(F)F)cc1. The molecule has 1 N–H and O–H groups in total.